The average Bonchev–Trinajstić information content (AvgIpc) is 2.88. The lowest BCUT2D eigenvalue weighted by atomic mass is 9.99. The van der Waals surface area contributed by atoms with Crippen molar-refractivity contribution in [3.8, 4) is 0 Å². The number of carbonyl (C=O) groups excluding carboxylic acids is 1. The molecule has 1 saturated heterocycles. The Morgan fingerprint density at radius 1 is 1.03 bits per heavy atom. The molecule has 3 aromatic rings. The predicted molar refractivity (Wildman–Crippen MR) is 140 cm³/mol. The molecule has 1 amide bonds. The highest BCUT2D eigenvalue weighted by molar-refractivity contribution is 7.99. The fraction of sp³-hybridized carbons (Fsp3) is 0.346. The summed E-state index contributed by atoms with van der Waals surface area (Å²) >= 11 is 7.61. The van der Waals surface area contributed by atoms with Crippen LogP contribution in [0.2, 0.25) is 5.15 Å². The summed E-state index contributed by atoms with van der Waals surface area (Å²) in [4.78, 5) is 26.6. The Morgan fingerprint density at radius 2 is 1.71 bits per heavy atom. The number of amides is 1. The van der Waals surface area contributed by atoms with Gasteiger partial charge >= 0.3 is 0 Å². The van der Waals surface area contributed by atoms with Crippen LogP contribution in [0.3, 0.4) is 0 Å². The molecule has 2 heterocycles. The van der Waals surface area contributed by atoms with E-state index in [1.54, 1.807) is 6.07 Å². The van der Waals surface area contributed by atoms with Gasteiger partial charge in [0.05, 0.1) is 11.8 Å². The number of nitrogens with zero attached hydrogens (tertiary/aromatic N) is 4. The summed E-state index contributed by atoms with van der Waals surface area (Å²) in [5.41, 5.74) is 2.26. The SMILES string of the molecule is CCN1CCN(c2cc(Cl)nc(SCC(=O)NC(Cc3ccccc3)c3ccccc3)n2)CC1. The van der Waals surface area contributed by atoms with Gasteiger partial charge < -0.3 is 15.1 Å². The normalized spacial score (nSPS) is 15.2. The lowest BCUT2D eigenvalue weighted by molar-refractivity contribution is -0.119. The predicted octanol–water partition coefficient (Wildman–Crippen LogP) is 4.46. The molecule has 1 fully saturated rings. The number of hydrogen-bond donors (Lipinski definition) is 1. The Hall–Kier alpha value is -2.61. The number of carbonyl (C=O) groups is 1. The maximum absolute atomic E-state index is 12.9. The van der Waals surface area contributed by atoms with Gasteiger partial charge in [-0.05, 0) is 24.1 Å². The van der Waals surface area contributed by atoms with E-state index < -0.39 is 0 Å². The highest BCUT2D eigenvalue weighted by atomic mass is 35.5. The van der Waals surface area contributed by atoms with Gasteiger partial charge in [-0.1, -0.05) is 91.0 Å². The summed E-state index contributed by atoms with van der Waals surface area (Å²) < 4.78 is 0. The van der Waals surface area contributed by atoms with E-state index in [0.717, 1.165) is 50.5 Å². The summed E-state index contributed by atoms with van der Waals surface area (Å²) in [5.74, 6) is 0.989. The fourth-order valence-electron chi connectivity index (χ4n) is 4.06. The Labute approximate surface area is 210 Å². The Morgan fingerprint density at radius 3 is 2.38 bits per heavy atom. The van der Waals surface area contributed by atoms with E-state index in [1.165, 1.54) is 17.3 Å². The number of thioether (sulfide) groups is 1. The number of rotatable bonds is 9. The topological polar surface area (TPSA) is 61.4 Å². The molecule has 4 rings (SSSR count). The molecule has 34 heavy (non-hydrogen) atoms. The van der Waals surface area contributed by atoms with Crippen molar-refractivity contribution >= 4 is 35.1 Å². The lowest BCUT2D eigenvalue weighted by Gasteiger charge is -2.34. The Kier molecular flexibility index (Phi) is 8.79. The van der Waals surface area contributed by atoms with Crippen LogP contribution in [0.4, 0.5) is 5.82 Å². The average molecular weight is 496 g/mol. The zero-order valence-corrected chi connectivity index (χ0v) is 20.9. The minimum absolute atomic E-state index is 0.0588. The van der Waals surface area contributed by atoms with Crippen molar-refractivity contribution in [1.29, 1.82) is 0 Å². The summed E-state index contributed by atoms with van der Waals surface area (Å²) in [6.45, 7) is 7.06. The maximum atomic E-state index is 12.9. The van der Waals surface area contributed by atoms with Gasteiger partial charge in [0.1, 0.15) is 11.0 Å². The molecule has 1 aliphatic rings. The maximum Gasteiger partial charge on any atom is 0.230 e. The lowest BCUT2D eigenvalue weighted by Crippen LogP contribution is -2.46. The third-order valence-electron chi connectivity index (χ3n) is 5.96. The molecule has 1 aromatic heterocycles. The Bertz CT molecular complexity index is 1060. The first-order valence-corrected chi connectivity index (χ1v) is 13.0. The zero-order chi connectivity index (χ0) is 23.8. The van der Waals surface area contributed by atoms with Crippen LogP contribution in [0.25, 0.3) is 0 Å². The number of halogens is 1. The number of likely N-dealkylation sites (N-methyl/N-ethyl adjacent to an activating group) is 1. The van der Waals surface area contributed by atoms with Gasteiger partial charge in [0.25, 0.3) is 0 Å². The second-order valence-electron chi connectivity index (χ2n) is 8.26. The number of hydrogen-bond acceptors (Lipinski definition) is 6. The van der Waals surface area contributed by atoms with Crippen molar-refractivity contribution in [1.82, 2.24) is 20.2 Å². The molecule has 6 nitrogen and oxygen atoms in total. The first-order chi connectivity index (χ1) is 16.6. The van der Waals surface area contributed by atoms with E-state index in [2.05, 4.69) is 44.1 Å². The van der Waals surface area contributed by atoms with E-state index in [1.807, 2.05) is 48.5 Å². The number of piperazine rings is 1. The first-order valence-electron chi connectivity index (χ1n) is 11.6. The fourth-order valence-corrected chi connectivity index (χ4v) is 4.95. The van der Waals surface area contributed by atoms with Crippen LogP contribution in [-0.4, -0.2) is 59.3 Å². The molecule has 1 aliphatic heterocycles. The summed E-state index contributed by atoms with van der Waals surface area (Å²) in [7, 11) is 0. The van der Waals surface area contributed by atoms with E-state index in [9.17, 15) is 4.79 Å². The van der Waals surface area contributed by atoms with Gasteiger partial charge in [0, 0.05) is 32.2 Å². The quantitative estimate of drug-likeness (QED) is 0.268. The van der Waals surface area contributed by atoms with Gasteiger partial charge in [0.2, 0.25) is 5.91 Å². The molecular weight excluding hydrogens is 466 g/mol. The molecule has 0 aliphatic carbocycles. The van der Waals surface area contributed by atoms with Crippen LogP contribution in [0, 0.1) is 0 Å². The molecule has 1 atom stereocenters. The van der Waals surface area contributed by atoms with E-state index in [4.69, 9.17) is 11.6 Å². The first kappa shape index (κ1) is 24.5. The minimum Gasteiger partial charge on any atom is -0.354 e. The van der Waals surface area contributed by atoms with Crippen LogP contribution in [0.15, 0.2) is 71.9 Å². The van der Waals surface area contributed by atoms with E-state index >= 15 is 0 Å². The van der Waals surface area contributed by atoms with Gasteiger partial charge in [0.15, 0.2) is 5.16 Å². The third-order valence-corrected chi connectivity index (χ3v) is 7.00. The smallest absolute Gasteiger partial charge is 0.230 e. The third kappa shape index (κ3) is 6.95. The molecule has 1 unspecified atom stereocenters. The van der Waals surface area contributed by atoms with Crippen molar-refractivity contribution in [3.05, 3.63) is 83.0 Å². The summed E-state index contributed by atoms with van der Waals surface area (Å²) in [6, 6.07) is 22.0. The van der Waals surface area contributed by atoms with Crippen molar-refractivity contribution in [2.24, 2.45) is 0 Å². The van der Waals surface area contributed by atoms with Gasteiger partial charge in [-0.25, -0.2) is 9.97 Å². The summed E-state index contributed by atoms with van der Waals surface area (Å²) in [6.07, 6.45) is 0.725. The van der Waals surface area contributed by atoms with E-state index in [-0.39, 0.29) is 17.7 Å². The molecule has 8 heteroatoms. The van der Waals surface area contributed by atoms with Crippen LogP contribution in [0.1, 0.15) is 24.1 Å². The van der Waals surface area contributed by atoms with Crippen molar-refractivity contribution in [2.75, 3.05) is 43.4 Å². The molecule has 0 bridgehead atoms. The molecule has 1 N–H and O–H groups in total. The molecule has 0 radical (unpaired) electrons. The van der Waals surface area contributed by atoms with Crippen LogP contribution >= 0.6 is 23.4 Å². The number of anilines is 1. The molecule has 178 valence electrons. The van der Waals surface area contributed by atoms with Crippen LogP contribution < -0.4 is 10.2 Å². The summed E-state index contributed by atoms with van der Waals surface area (Å²) in [5, 5.41) is 4.11. The van der Waals surface area contributed by atoms with Crippen molar-refractivity contribution in [3.63, 3.8) is 0 Å². The second kappa shape index (κ2) is 12.2. The van der Waals surface area contributed by atoms with E-state index in [0.29, 0.717) is 10.3 Å². The molecular formula is C26H30ClN5OS. The largest absolute Gasteiger partial charge is 0.354 e. The monoisotopic (exact) mass is 495 g/mol. The number of aromatic nitrogens is 2. The highest BCUT2D eigenvalue weighted by Gasteiger charge is 2.19. The molecule has 2 aromatic carbocycles. The minimum atomic E-state index is -0.109. The zero-order valence-electron chi connectivity index (χ0n) is 19.4. The van der Waals surface area contributed by atoms with Crippen molar-refractivity contribution in [2.45, 2.75) is 24.5 Å². The Balaban J connectivity index is 1.38. The second-order valence-corrected chi connectivity index (χ2v) is 9.59. The highest BCUT2D eigenvalue weighted by Crippen LogP contribution is 2.24. The van der Waals surface area contributed by atoms with Crippen LogP contribution in [-0.2, 0) is 11.2 Å². The van der Waals surface area contributed by atoms with Gasteiger partial charge in [-0.3, -0.25) is 4.79 Å². The van der Waals surface area contributed by atoms with Crippen molar-refractivity contribution < 1.29 is 4.79 Å². The van der Waals surface area contributed by atoms with Crippen LogP contribution in [0.5, 0.6) is 0 Å². The van der Waals surface area contributed by atoms with Gasteiger partial charge in [-0.15, -0.1) is 0 Å². The van der Waals surface area contributed by atoms with Gasteiger partial charge in [-0.2, -0.15) is 0 Å². The standard InChI is InChI=1S/C26H30ClN5OS/c1-2-31-13-15-32(16-14-31)24-18-23(27)29-26(30-24)34-19-25(33)28-22(21-11-7-4-8-12-21)17-20-9-5-3-6-10-20/h3-12,18,22H,2,13-17,19H2,1H3,(H,28,33). The number of benzene rings is 2. The molecule has 0 spiro atoms. The molecule has 0 saturated carbocycles. The number of nitrogens with one attached hydrogen (secondary N) is 1.